The Balaban J connectivity index is 0.00000364. The molecule has 1 heterocycles. The number of benzene rings is 1. The zero-order chi connectivity index (χ0) is 18.6. The first-order valence-electron chi connectivity index (χ1n) is 9.09. The number of aromatic nitrogens is 2. The van der Waals surface area contributed by atoms with Crippen molar-refractivity contribution in [2.24, 2.45) is 4.99 Å². The Labute approximate surface area is 178 Å². The van der Waals surface area contributed by atoms with Crippen LogP contribution in [0.3, 0.4) is 0 Å². The topological polar surface area (TPSA) is 83.3 Å². The summed E-state index contributed by atoms with van der Waals surface area (Å²) in [5.74, 6) is 0.746. The predicted molar refractivity (Wildman–Crippen MR) is 120 cm³/mol. The minimum atomic E-state index is -0.0465. The molecule has 0 aliphatic rings. The third-order valence-corrected chi connectivity index (χ3v) is 3.73. The van der Waals surface area contributed by atoms with Crippen LogP contribution in [0.2, 0.25) is 0 Å². The van der Waals surface area contributed by atoms with Gasteiger partial charge >= 0.3 is 0 Å². The summed E-state index contributed by atoms with van der Waals surface area (Å²) in [6.45, 7) is 7.64. The van der Waals surface area contributed by atoms with Gasteiger partial charge in [0.05, 0.1) is 6.54 Å². The highest BCUT2D eigenvalue weighted by Gasteiger charge is 2.03. The first-order valence-corrected chi connectivity index (χ1v) is 9.09. The molecule has 148 valence electrons. The summed E-state index contributed by atoms with van der Waals surface area (Å²) in [5, 5.41) is 13.6. The van der Waals surface area contributed by atoms with E-state index in [2.05, 4.69) is 26.0 Å². The summed E-state index contributed by atoms with van der Waals surface area (Å²) in [7, 11) is 0. The van der Waals surface area contributed by atoms with Crippen LogP contribution in [0.15, 0.2) is 47.7 Å². The maximum Gasteiger partial charge on any atom is 0.251 e. The van der Waals surface area contributed by atoms with Gasteiger partial charge < -0.3 is 16.0 Å². The molecule has 0 radical (unpaired) electrons. The van der Waals surface area contributed by atoms with Crippen LogP contribution >= 0.6 is 24.0 Å². The number of aryl methyl sites for hydroxylation is 1. The average molecular weight is 484 g/mol. The normalized spacial score (nSPS) is 10.8. The van der Waals surface area contributed by atoms with Crippen molar-refractivity contribution in [2.45, 2.75) is 33.4 Å². The molecule has 0 unspecified atom stereocenters. The van der Waals surface area contributed by atoms with E-state index in [9.17, 15) is 4.79 Å². The van der Waals surface area contributed by atoms with Crippen LogP contribution in [0.4, 0.5) is 0 Å². The Morgan fingerprint density at radius 3 is 2.48 bits per heavy atom. The van der Waals surface area contributed by atoms with Crippen molar-refractivity contribution in [3.8, 4) is 0 Å². The second-order valence-electron chi connectivity index (χ2n) is 5.80. The van der Waals surface area contributed by atoms with Crippen LogP contribution in [0.1, 0.15) is 36.2 Å². The number of hydrogen-bond acceptors (Lipinski definition) is 3. The van der Waals surface area contributed by atoms with E-state index in [0.29, 0.717) is 18.7 Å². The highest BCUT2D eigenvalue weighted by Crippen LogP contribution is 2.06. The third-order valence-electron chi connectivity index (χ3n) is 3.73. The minimum Gasteiger partial charge on any atom is -0.357 e. The molecule has 1 amide bonds. The van der Waals surface area contributed by atoms with Crippen LogP contribution < -0.4 is 16.0 Å². The smallest absolute Gasteiger partial charge is 0.251 e. The molecule has 1 aromatic carbocycles. The molecule has 0 spiro atoms. The largest absolute Gasteiger partial charge is 0.357 e. The molecule has 0 atom stereocenters. The van der Waals surface area contributed by atoms with Gasteiger partial charge in [0.1, 0.15) is 0 Å². The van der Waals surface area contributed by atoms with Gasteiger partial charge in [0.25, 0.3) is 5.91 Å². The van der Waals surface area contributed by atoms with Crippen molar-refractivity contribution in [2.75, 3.05) is 19.6 Å². The second-order valence-corrected chi connectivity index (χ2v) is 5.80. The molecular weight excluding hydrogens is 455 g/mol. The van der Waals surface area contributed by atoms with Gasteiger partial charge in [-0.2, -0.15) is 5.10 Å². The average Bonchev–Trinajstić information content (AvgIpc) is 3.17. The quantitative estimate of drug-likeness (QED) is 0.221. The number of aliphatic imine (C=N–C) groups is 1. The Morgan fingerprint density at radius 1 is 1.11 bits per heavy atom. The lowest BCUT2D eigenvalue weighted by Gasteiger charge is -2.11. The Morgan fingerprint density at radius 2 is 1.85 bits per heavy atom. The van der Waals surface area contributed by atoms with E-state index in [1.807, 2.05) is 55.1 Å². The number of nitrogens with one attached hydrogen (secondary N) is 3. The molecule has 0 fully saturated rings. The van der Waals surface area contributed by atoms with E-state index in [0.717, 1.165) is 37.6 Å². The fourth-order valence-corrected chi connectivity index (χ4v) is 2.42. The number of carbonyl (C=O) groups is 1. The molecule has 3 N–H and O–H groups in total. The number of guanidine groups is 1. The molecule has 0 saturated carbocycles. The van der Waals surface area contributed by atoms with Crippen LogP contribution in [0, 0.1) is 0 Å². The highest BCUT2D eigenvalue weighted by molar-refractivity contribution is 14.0. The van der Waals surface area contributed by atoms with E-state index in [1.54, 1.807) is 6.20 Å². The summed E-state index contributed by atoms with van der Waals surface area (Å²) >= 11 is 0. The molecule has 8 heteroatoms. The molecule has 2 rings (SSSR count). The zero-order valence-electron chi connectivity index (χ0n) is 15.9. The molecule has 0 bridgehead atoms. The van der Waals surface area contributed by atoms with Crippen LogP contribution in [0.5, 0.6) is 0 Å². The molecule has 0 aliphatic heterocycles. The summed E-state index contributed by atoms with van der Waals surface area (Å²) in [6.07, 6.45) is 4.72. The maximum absolute atomic E-state index is 11.8. The second kappa shape index (κ2) is 13.1. The van der Waals surface area contributed by atoms with Crippen LogP contribution in [-0.4, -0.2) is 41.3 Å². The molecule has 0 saturated heterocycles. The number of amides is 1. The minimum absolute atomic E-state index is 0. The van der Waals surface area contributed by atoms with Crippen molar-refractivity contribution >= 4 is 35.8 Å². The monoisotopic (exact) mass is 484 g/mol. The van der Waals surface area contributed by atoms with E-state index < -0.39 is 0 Å². The molecule has 7 nitrogen and oxygen atoms in total. The third kappa shape index (κ3) is 8.42. The van der Waals surface area contributed by atoms with Crippen molar-refractivity contribution in [3.63, 3.8) is 0 Å². The van der Waals surface area contributed by atoms with E-state index in [4.69, 9.17) is 0 Å². The van der Waals surface area contributed by atoms with Gasteiger partial charge in [-0.15, -0.1) is 24.0 Å². The number of carbonyl (C=O) groups excluding carboxylic acids is 1. The molecule has 27 heavy (non-hydrogen) atoms. The van der Waals surface area contributed by atoms with Gasteiger partial charge in [-0.1, -0.05) is 12.1 Å². The van der Waals surface area contributed by atoms with Gasteiger partial charge in [0, 0.05) is 44.1 Å². The summed E-state index contributed by atoms with van der Waals surface area (Å²) < 4.78 is 1.92. The number of nitrogens with zero attached hydrogens (tertiary/aromatic N) is 3. The molecular formula is C19H29IN6O. The van der Waals surface area contributed by atoms with E-state index in [1.165, 1.54) is 0 Å². The van der Waals surface area contributed by atoms with Gasteiger partial charge in [-0.05, 0) is 44.0 Å². The van der Waals surface area contributed by atoms with Gasteiger partial charge in [0.2, 0.25) is 0 Å². The lowest BCUT2D eigenvalue weighted by atomic mass is 10.1. The van der Waals surface area contributed by atoms with Crippen LogP contribution in [0.25, 0.3) is 0 Å². The molecule has 0 aliphatic carbocycles. The summed E-state index contributed by atoms with van der Waals surface area (Å²) in [5.41, 5.74) is 1.73. The van der Waals surface area contributed by atoms with Gasteiger partial charge in [0.15, 0.2) is 5.96 Å². The molecule has 1 aromatic heterocycles. The maximum atomic E-state index is 11.8. The Bertz CT molecular complexity index is 685. The standard InChI is InChI=1S/C19H28N6O.HI/c1-3-20-18(26)17-9-7-16(8-10-17)15-23-19(21-4-2)22-11-5-13-25-14-6-12-24-25;/h6-10,12,14H,3-5,11,13,15H2,1-2H3,(H,20,26)(H2,21,22,23);1H. The van der Waals surface area contributed by atoms with E-state index in [-0.39, 0.29) is 29.9 Å². The summed E-state index contributed by atoms with van der Waals surface area (Å²) in [6, 6.07) is 9.47. The SMILES string of the molecule is CCNC(=O)c1ccc(CN=C(NCC)NCCCn2cccn2)cc1.I. The van der Waals surface area contributed by atoms with Crippen molar-refractivity contribution in [1.82, 2.24) is 25.7 Å². The fourth-order valence-electron chi connectivity index (χ4n) is 2.42. The first kappa shape index (κ1) is 22.9. The number of halogens is 1. The Hall–Kier alpha value is -2.10. The number of rotatable bonds is 9. The van der Waals surface area contributed by atoms with E-state index >= 15 is 0 Å². The van der Waals surface area contributed by atoms with Crippen molar-refractivity contribution < 1.29 is 4.79 Å². The fraction of sp³-hybridized carbons (Fsp3) is 0.421. The Kier molecular flexibility index (Phi) is 11.2. The predicted octanol–water partition coefficient (Wildman–Crippen LogP) is 2.40. The summed E-state index contributed by atoms with van der Waals surface area (Å²) in [4.78, 5) is 16.4. The van der Waals surface area contributed by atoms with Gasteiger partial charge in [-0.25, -0.2) is 4.99 Å². The molecule has 2 aromatic rings. The van der Waals surface area contributed by atoms with Gasteiger partial charge in [-0.3, -0.25) is 9.48 Å². The van der Waals surface area contributed by atoms with Crippen molar-refractivity contribution in [1.29, 1.82) is 0 Å². The van der Waals surface area contributed by atoms with Crippen molar-refractivity contribution in [3.05, 3.63) is 53.9 Å². The zero-order valence-corrected chi connectivity index (χ0v) is 18.3. The highest BCUT2D eigenvalue weighted by atomic mass is 127. The number of hydrogen-bond donors (Lipinski definition) is 3. The lowest BCUT2D eigenvalue weighted by Crippen LogP contribution is -2.38. The first-order chi connectivity index (χ1) is 12.7. The lowest BCUT2D eigenvalue weighted by molar-refractivity contribution is 0.0956. The van der Waals surface area contributed by atoms with Crippen LogP contribution in [-0.2, 0) is 13.1 Å².